The summed E-state index contributed by atoms with van der Waals surface area (Å²) in [5, 5.41) is 1.14. The number of hydrogen-bond acceptors (Lipinski definition) is 3. The molecule has 3 nitrogen and oxygen atoms in total. The third kappa shape index (κ3) is 3.43. The van der Waals surface area contributed by atoms with E-state index in [-0.39, 0.29) is 11.4 Å². The van der Waals surface area contributed by atoms with Gasteiger partial charge in [-0.05, 0) is 86.1 Å². The van der Waals surface area contributed by atoms with E-state index in [9.17, 15) is 4.79 Å². The van der Waals surface area contributed by atoms with Gasteiger partial charge in [-0.1, -0.05) is 35.3 Å². The van der Waals surface area contributed by atoms with Crippen molar-refractivity contribution in [2.45, 2.75) is 38.5 Å². The van der Waals surface area contributed by atoms with E-state index in [2.05, 4.69) is 0 Å². The standard InChI is InChI=1S/C24H24Cl2O3/c1-28-21-5-2-17(19-4-3-18(25)10-20(19)26)9-22(21)29-23(27)24-11-14-6-15(12-24)8-16(7-14)13-24/h2-5,9-10,14-16H,6-8,11-13H2,1H3. The van der Waals surface area contributed by atoms with Crippen molar-refractivity contribution in [2.75, 3.05) is 7.11 Å². The normalized spacial score (nSPS) is 29.7. The number of carbonyl (C=O) groups is 1. The maximum absolute atomic E-state index is 13.4. The highest BCUT2D eigenvalue weighted by molar-refractivity contribution is 6.36. The van der Waals surface area contributed by atoms with E-state index in [4.69, 9.17) is 32.7 Å². The van der Waals surface area contributed by atoms with E-state index in [0.717, 1.165) is 30.4 Å². The highest BCUT2D eigenvalue weighted by Crippen LogP contribution is 2.60. The first-order valence-corrected chi connectivity index (χ1v) is 11.1. The van der Waals surface area contributed by atoms with Crippen molar-refractivity contribution in [3.63, 3.8) is 0 Å². The topological polar surface area (TPSA) is 35.5 Å². The molecule has 0 unspecified atom stereocenters. The van der Waals surface area contributed by atoms with Gasteiger partial charge >= 0.3 is 5.97 Å². The van der Waals surface area contributed by atoms with E-state index >= 15 is 0 Å². The van der Waals surface area contributed by atoms with Crippen LogP contribution >= 0.6 is 23.2 Å². The summed E-state index contributed by atoms with van der Waals surface area (Å²) in [7, 11) is 1.59. The Kier molecular flexibility index (Phi) is 4.79. The summed E-state index contributed by atoms with van der Waals surface area (Å²) in [6, 6.07) is 11.0. The van der Waals surface area contributed by atoms with E-state index in [1.807, 2.05) is 24.3 Å². The first-order chi connectivity index (χ1) is 14.0. The minimum Gasteiger partial charge on any atom is -0.493 e. The molecular weight excluding hydrogens is 407 g/mol. The van der Waals surface area contributed by atoms with Crippen molar-refractivity contribution < 1.29 is 14.3 Å². The van der Waals surface area contributed by atoms with Gasteiger partial charge in [-0.15, -0.1) is 0 Å². The van der Waals surface area contributed by atoms with Crippen LogP contribution in [0, 0.1) is 23.2 Å². The summed E-state index contributed by atoms with van der Waals surface area (Å²) in [4.78, 5) is 13.4. The molecule has 0 heterocycles. The molecule has 0 spiro atoms. The SMILES string of the molecule is COc1ccc(-c2ccc(Cl)cc2Cl)cc1OC(=O)C12CC3CC(CC(C3)C1)C2. The van der Waals surface area contributed by atoms with Crippen molar-refractivity contribution in [3.8, 4) is 22.6 Å². The van der Waals surface area contributed by atoms with E-state index < -0.39 is 0 Å². The zero-order chi connectivity index (χ0) is 20.2. The lowest BCUT2D eigenvalue weighted by Gasteiger charge is -2.55. The minimum absolute atomic E-state index is 0.0887. The first-order valence-electron chi connectivity index (χ1n) is 10.3. The predicted molar refractivity (Wildman–Crippen MR) is 115 cm³/mol. The van der Waals surface area contributed by atoms with Crippen LogP contribution in [-0.2, 0) is 4.79 Å². The Morgan fingerprint density at radius 3 is 2.17 bits per heavy atom. The molecule has 2 aromatic carbocycles. The van der Waals surface area contributed by atoms with Crippen LogP contribution in [-0.4, -0.2) is 13.1 Å². The molecule has 5 heteroatoms. The fourth-order valence-corrected chi connectivity index (χ4v) is 6.73. The molecule has 4 aliphatic carbocycles. The third-order valence-electron chi connectivity index (χ3n) is 7.08. The molecule has 4 aliphatic rings. The number of halogens is 2. The minimum atomic E-state index is -0.312. The van der Waals surface area contributed by atoms with Crippen molar-refractivity contribution in [1.29, 1.82) is 0 Å². The number of hydrogen-bond donors (Lipinski definition) is 0. The Bertz CT molecular complexity index is 933. The summed E-state index contributed by atoms with van der Waals surface area (Å²) in [6.45, 7) is 0. The second kappa shape index (κ2) is 7.21. The number of benzene rings is 2. The monoisotopic (exact) mass is 430 g/mol. The highest BCUT2D eigenvalue weighted by atomic mass is 35.5. The van der Waals surface area contributed by atoms with Gasteiger partial charge in [0.1, 0.15) is 0 Å². The van der Waals surface area contributed by atoms with Crippen LogP contribution in [0.4, 0.5) is 0 Å². The summed E-state index contributed by atoms with van der Waals surface area (Å²) >= 11 is 12.4. The maximum atomic E-state index is 13.4. The first kappa shape index (κ1) is 19.3. The summed E-state index contributed by atoms with van der Waals surface area (Å²) in [6.07, 6.45) is 6.80. The average molecular weight is 431 g/mol. The molecule has 29 heavy (non-hydrogen) atoms. The number of ether oxygens (including phenoxy) is 2. The van der Waals surface area contributed by atoms with Gasteiger partial charge in [0.25, 0.3) is 0 Å². The molecule has 0 N–H and O–H groups in total. The van der Waals surface area contributed by atoms with Gasteiger partial charge in [0, 0.05) is 15.6 Å². The van der Waals surface area contributed by atoms with Crippen LogP contribution in [0.1, 0.15) is 38.5 Å². The van der Waals surface area contributed by atoms with Gasteiger partial charge < -0.3 is 9.47 Å². The van der Waals surface area contributed by atoms with E-state index in [1.165, 1.54) is 19.3 Å². The van der Waals surface area contributed by atoms with Gasteiger partial charge in [-0.25, -0.2) is 0 Å². The zero-order valence-electron chi connectivity index (χ0n) is 16.4. The summed E-state index contributed by atoms with van der Waals surface area (Å²) in [5.41, 5.74) is 1.39. The molecule has 4 saturated carbocycles. The lowest BCUT2D eigenvalue weighted by molar-refractivity contribution is -0.161. The third-order valence-corrected chi connectivity index (χ3v) is 7.63. The van der Waals surface area contributed by atoms with E-state index in [1.54, 1.807) is 19.2 Å². The van der Waals surface area contributed by atoms with Gasteiger partial charge in [-0.2, -0.15) is 0 Å². The smallest absolute Gasteiger partial charge is 0.317 e. The predicted octanol–water partition coefficient (Wildman–Crippen LogP) is 6.79. The summed E-state index contributed by atoms with van der Waals surface area (Å²) in [5.74, 6) is 2.99. The molecule has 0 amide bonds. The lowest BCUT2D eigenvalue weighted by Crippen LogP contribution is -2.51. The van der Waals surface area contributed by atoms with Gasteiger partial charge in [0.05, 0.1) is 12.5 Å². The molecule has 0 atom stereocenters. The van der Waals surface area contributed by atoms with Crippen LogP contribution < -0.4 is 9.47 Å². The lowest BCUT2D eigenvalue weighted by atomic mass is 9.49. The largest absolute Gasteiger partial charge is 0.493 e. The fourth-order valence-electron chi connectivity index (χ4n) is 6.22. The quantitative estimate of drug-likeness (QED) is 0.395. The Morgan fingerprint density at radius 1 is 0.931 bits per heavy atom. The van der Waals surface area contributed by atoms with Crippen LogP contribution in [0.15, 0.2) is 36.4 Å². The number of rotatable bonds is 4. The van der Waals surface area contributed by atoms with E-state index in [0.29, 0.717) is 39.3 Å². The zero-order valence-corrected chi connectivity index (χ0v) is 17.9. The molecule has 0 saturated heterocycles. The molecule has 0 aliphatic heterocycles. The second-order valence-corrected chi connectivity index (χ2v) is 9.92. The fraction of sp³-hybridized carbons (Fsp3) is 0.458. The molecule has 2 aromatic rings. The van der Waals surface area contributed by atoms with Crippen LogP contribution in [0.2, 0.25) is 10.0 Å². The van der Waals surface area contributed by atoms with Gasteiger partial charge in [0.15, 0.2) is 11.5 Å². The number of carbonyl (C=O) groups excluding carboxylic acids is 1. The van der Waals surface area contributed by atoms with Crippen LogP contribution in [0.5, 0.6) is 11.5 Å². The molecule has 0 radical (unpaired) electrons. The molecule has 6 rings (SSSR count). The molecular formula is C24H24Cl2O3. The van der Waals surface area contributed by atoms with Crippen molar-refractivity contribution in [2.24, 2.45) is 23.2 Å². The van der Waals surface area contributed by atoms with Gasteiger partial charge in [-0.3, -0.25) is 4.79 Å². The highest BCUT2D eigenvalue weighted by Gasteiger charge is 2.55. The Hall–Kier alpha value is -1.71. The van der Waals surface area contributed by atoms with Crippen molar-refractivity contribution >= 4 is 29.2 Å². The Labute approximate surface area is 181 Å². The number of methoxy groups -OCH3 is 1. The van der Waals surface area contributed by atoms with Crippen molar-refractivity contribution in [3.05, 3.63) is 46.4 Å². The van der Waals surface area contributed by atoms with Crippen LogP contribution in [0.25, 0.3) is 11.1 Å². The van der Waals surface area contributed by atoms with Gasteiger partial charge in [0.2, 0.25) is 0 Å². The molecule has 4 bridgehead atoms. The Morgan fingerprint density at radius 2 is 1.59 bits per heavy atom. The van der Waals surface area contributed by atoms with Crippen LogP contribution in [0.3, 0.4) is 0 Å². The molecule has 4 fully saturated rings. The maximum Gasteiger partial charge on any atom is 0.317 e. The Balaban J connectivity index is 1.45. The van der Waals surface area contributed by atoms with Crippen molar-refractivity contribution in [1.82, 2.24) is 0 Å². The molecule has 152 valence electrons. The summed E-state index contributed by atoms with van der Waals surface area (Å²) < 4.78 is 11.5. The number of esters is 1. The molecule has 0 aromatic heterocycles. The second-order valence-electron chi connectivity index (χ2n) is 9.08. The average Bonchev–Trinajstić information content (AvgIpc) is 2.67.